The monoisotopic (exact) mass is 1120 g/mol. The van der Waals surface area contributed by atoms with Crippen molar-refractivity contribution < 1.29 is 0 Å². The van der Waals surface area contributed by atoms with Gasteiger partial charge in [-0.1, -0.05) is 268 Å². The first-order valence-corrected chi connectivity index (χ1v) is 30.6. The van der Waals surface area contributed by atoms with E-state index in [4.69, 9.17) is 11.6 Å². The third-order valence-electron chi connectivity index (χ3n) is 16.9. The number of hydrogen-bond donors (Lipinski definition) is 0. The maximum absolute atomic E-state index is 8.52. The summed E-state index contributed by atoms with van der Waals surface area (Å²) in [5, 5.41) is 11.6. The summed E-state index contributed by atoms with van der Waals surface area (Å²) in [5.74, 6) is 0. The Labute approximate surface area is 504 Å². The highest BCUT2D eigenvalue weighted by Gasteiger charge is 2.30. The predicted molar refractivity (Wildman–Crippen MR) is 367 cm³/mol. The Hall–Kier alpha value is -8.73. The lowest BCUT2D eigenvalue weighted by Gasteiger charge is -2.34. The van der Waals surface area contributed by atoms with Gasteiger partial charge in [0.2, 0.25) is 0 Å². The minimum absolute atomic E-state index is 0.0527. The van der Waals surface area contributed by atoms with Gasteiger partial charge in [-0.05, 0) is 148 Å². The van der Waals surface area contributed by atoms with Crippen LogP contribution in [0.15, 0.2) is 254 Å². The molecule has 0 N–H and O–H groups in total. The van der Waals surface area contributed by atoms with Crippen LogP contribution in [-0.4, -0.2) is 0 Å². The van der Waals surface area contributed by atoms with Gasteiger partial charge < -0.3 is 9.80 Å². The molecule has 0 radical (unpaired) electrons. The van der Waals surface area contributed by atoms with Crippen LogP contribution in [0.25, 0.3) is 86.9 Å². The highest BCUT2D eigenvalue weighted by molar-refractivity contribution is 7.17. The van der Waals surface area contributed by atoms with Crippen LogP contribution >= 0.6 is 22.9 Å². The quantitative estimate of drug-likeness (QED) is 0.126. The van der Waals surface area contributed by atoms with E-state index in [1.807, 2.05) is 0 Å². The van der Waals surface area contributed by atoms with E-state index in [9.17, 15) is 0 Å². The third-order valence-corrected chi connectivity index (χ3v) is 18.2. The molecule has 0 aliphatic rings. The molecule has 1 heterocycles. The Bertz CT molecular complexity index is 4500. The van der Waals surface area contributed by atoms with Crippen molar-refractivity contribution in [3.63, 3.8) is 0 Å². The molecule has 84 heavy (non-hydrogen) atoms. The summed E-state index contributed by atoms with van der Waals surface area (Å²) >= 11 is 10.3. The molecule has 0 aliphatic heterocycles. The summed E-state index contributed by atoms with van der Waals surface area (Å²) in [4.78, 5) is 4.87. The number of para-hydroxylation sites is 1. The number of nitrogens with zero attached hydrogens (tertiary/aromatic N) is 2. The topological polar surface area (TPSA) is 6.48 Å². The van der Waals surface area contributed by atoms with Crippen LogP contribution in [0.4, 0.5) is 34.1 Å². The van der Waals surface area contributed by atoms with Crippen molar-refractivity contribution in [3.05, 3.63) is 276 Å². The summed E-state index contributed by atoms with van der Waals surface area (Å²) in [6.07, 6.45) is 0. The molecule has 4 heteroatoms. The minimum atomic E-state index is -0.140. The lowest BCUT2D eigenvalue weighted by molar-refractivity contribution is 0.590. The second-order valence-electron chi connectivity index (χ2n) is 25.5. The molecule has 0 atom stereocenters. The van der Waals surface area contributed by atoms with Crippen molar-refractivity contribution in [2.45, 2.75) is 78.6 Å². The number of anilines is 6. The standard InChI is InChI=1S/C80H69ClN2S/c1-78(2,3)57-39-34-52(35-40-57)53-36-43-60(44-37-53)82(71-46-41-58(79(4,5)6)49-68(71)56-38-45-67-65-28-17-16-26-63(65)64-27-18-19-29-66(64)69(67)48-56)72-32-21-33-73(76(72)81)83(74-51-84-75-47-42-59(50-70(74)75)80(7,8)9)77-61(54-22-12-10-13-23-54)30-20-31-62(77)55-24-14-11-15-25-55/h10-51H,1-9H3. The normalized spacial score (nSPS) is 12.2. The van der Waals surface area contributed by atoms with E-state index in [0.717, 1.165) is 73.1 Å². The van der Waals surface area contributed by atoms with Crippen molar-refractivity contribution >= 4 is 99.5 Å². The van der Waals surface area contributed by atoms with Gasteiger partial charge in [0.25, 0.3) is 0 Å². The molecule has 0 spiro atoms. The van der Waals surface area contributed by atoms with Crippen LogP contribution in [0.3, 0.4) is 0 Å². The van der Waals surface area contributed by atoms with Crippen molar-refractivity contribution in [2.24, 2.45) is 0 Å². The number of rotatable bonds is 10. The minimum Gasteiger partial charge on any atom is -0.308 e. The molecular formula is C80H69ClN2S. The summed E-state index contributed by atoms with van der Waals surface area (Å²) in [6, 6.07) is 91.9. The van der Waals surface area contributed by atoms with Crippen LogP contribution in [0.1, 0.15) is 79.0 Å². The molecule has 13 aromatic rings. The maximum Gasteiger partial charge on any atom is 0.0887 e. The number of hydrogen-bond acceptors (Lipinski definition) is 3. The molecular weight excluding hydrogens is 1060 g/mol. The number of thiophene rings is 1. The highest BCUT2D eigenvalue weighted by atomic mass is 35.5. The smallest absolute Gasteiger partial charge is 0.0887 e. The van der Waals surface area contributed by atoms with Gasteiger partial charge in [-0.2, -0.15) is 0 Å². The van der Waals surface area contributed by atoms with Gasteiger partial charge in [-0.15, -0.1) is 11.3 Å². The zero-order chi connectivity index (χ0) is 58.1. The van der Waals surface area contributed by atoms with Gasteiger partial charge in [0, 0.05) is 37.8 Å². The first kappa shape index (κ1) is 54.5. The summed E-state index contributed by atoms with van der Waals surface area (Å²) in [5.41, 5.74) is 18.5. The van der Waals surface area contributed by atoms with Gasteiger partial charge in [0.15, 0.2) is 0 Å². The molecule has 0 saturated heterocycles. The van der Waals surface area contributed by atoms with Crippen molar-refractivity contribution in [2.75, 3.05) is 9.80 Å². The number of benzene rings is 12. The van der Waals surface area contributed by atoms with Crippen LogP contribution in [0, 0.1) is 0 Å². The third kappa shape index (κ3) is 10.0. The van der Waals surface area contributed by atoms with Crippen molar-refractivity contribution in [1.82, 2.24) is 0 Å². The van der Waals surface area contributed by atoms with Gasteiger partial charge in [-0.25, -0.2) is 0 Å². The lowest BCUT2D eigenvalue weighted by atomic mass is 9.84. The van der Waals surface area contributed by atoms with E-state index >= 15 is 0 Å². The van der Waals surface area contributed by atoms with E-state index in [0.29, 0.717) is 5.02 Å². The van der Waals surface area contributed by atoms with Gasteiger partial charge in [0.1, 0.15) is 0 Å². The molecule has 0 aliphatic carbocycles. The summed E-state index contributed by atoms with van der Waals surface area (Å²) in [7, 11) is 0. The molecule has 0 saturated carbocycles. The van der Waals surface area contributed by atoms with E-state index in [1.54, 1.807) is 11.3 Å². The molecule has 0 amide bonds. The van der Waals surface area contributed by atoms with Crippen LogP contribution < -0.4 is 9.80 Å². The molecule has 2 nitrogen and oxygen atoms in total. The highest BCUT2D eigenvalue weighted by Crippen LogP contribution is 2.55. The second-order valence-corrected chi connectivity index (χ2v) is 26.8. The van der Waals surface area contributed by atoms with E-state index in [-0.39, 0.29) is 16.2 Å². The molecule has 0 bridgehead atoms. The second kappa shape index (κ2) is 21.5. The molecule has 13 rings (SSSR count). The molecule has 12 aromatic carbocycles. The molecule has 0 unspecified atom stereocenters. The Kier molecular flexibility index (Phi) is 13.9. The number of fused-ring (bicyclic) bond motifs is 7. The first-order chi connectivity index (χ1) is 40.5. The summed E-state index contributed by atoms with van der Waals surface area (Å²) < 4.78 is 1.21. The number of halogens is 1. The Morgan fingerprint density at radius 3 is 1.31 bits per heavy atom. The molecule has 1 aromatic heterocycles. The fourth-order valence-electron chi connectivity index (χ4n) is 12.2. The van der Waals surface area contributed by atoms with Gasteiger partial charge >= 0.3 is 0 Å². The Balaban J connectivity index is 1.10. The van der Waals surface area contributed by atoms with Crippen LogP contribution in [0.5, 0.6) is 0 Å². The maximum atomic E-state index is 8.52. The van der Waals surface area contributed by atoms with Gasteiger partial charge in [0.05, 0.1) is 33.5 Å². The van der Waals surface area contributed by atoms with Crippen molar-refractivity contribution in [1.29, 1.82) is 0 Å². The first-order valence-electron chi connectivity index (χ1n) is 29.3. The van der Waals surface area contributed by atoms with Crippen molar-refractivity contribution in [3.8, 4) is 44.5 Å². The fourth-order valence-corrected chi connectivity index (χ4v) is 13.4. The average molecular weight is 1130 g/mol. The SMILES string of the molecule is CC(C)(C)c1ccc(-c2ccc(N(c3ccc(C(C)(C)C)cc3-c3ccc4c5ccccc5c5ccccc5c4c3)c3cccc(N(c4c(-c5ccccc5)cccc4-c4ccccc4)c4csc5ccc(C(C)(C)C)cc45)c3Cl)cc2)cc1. The zero-order valence-corrected chi connectivity index (χ0v) is 51.0. The average Bonchev–Trinajstić information content (AvgIpc) is 3.58. The molecule has 412 valence electrons. The van der Waals surface area contributed by atoms with E-state index in [1.165, 1.54) is 64.7 Å². The van der Waals surface area contributed by atoms with Crippen LogP contribution in [0.2, 0.25) is 5.02 Å². The summed E-state index contributed by atoms with van der Waals surface area (Å²) in [6.45, 7) is 20.6. The molecule has 0 fully saturated rings. The largest absolute Gasteiger partial charge is 0.308 e. The van der Waals surface area contributed by atoms with E-state index < -0.39 is 0 Å². The fraction of sp³-hybridized carbons (Fsp3) is 0.150. The van der Waals surface area contributed by atoms with E-state index in [2.05, 4.69) is 326 Å². The Morgan fingerprint density at radius 1 is 0.298 bits per heavy atom. The predicted octanol–water partition coefficient (Wildman–Crippen LogP) is 24.5. The zero-order valence-electron chi connectivity index (χ0n) is 49.4. The van der Waals surface area contributed by atoms with Crippen LogP contribution in [-0.2, 0) is 16.2 Å². The Morgan fingerprint density at radius 2 is 0.750 bits per heavy atom. The lowest BCUT2D eigenvalue weighted by Crippen LogP contribution is -2.17. The van der Waals surface area contributed by atoms with Gasteiger partial charge in [-0.3, -0.25) is 0 Å².